The minimum atomic E-state index is -0.136. The molecule has 0 spiro atoms. The van der Waals surface area contributed by atoms with Gasteiger partial charge in [0.15, 0.2) is 5.65 Å². The van der Waals surface area contributed by atoms with Gasteiger partial charge in [0, 0.05) is 31.9 Å². The highest BCUT2D eigenvalue weighted by atomic mass is 16.5. The van der Waals surface area contributed by atoms with E-state index in [2.05, 4.69) is 44.3 Å². The van der Waals surface area contributed by atoms with Gasteiger partial charge >= 0.3 is 0 Å². The molecule has 1 aliphatic heterocycles. The van der Waals surface area contributed by atoms with Gasteiger partial charge in [-0.05, 0) is 49.6 Å². The van der Waals surface area contributed by atoms with Crippen molar-refractivity contribution in [2.45, 2.75) is 26.3 Å². The second-order valence-corrected chi connectivity index (χ2v) is 9.07. The maximum Gasteiger partial charge on any atom is 0.225 e. The summed E-state index contributed by atoms with van der Waals surface area (Å²) in [6.45, 7) is 3.89. The molecule has 9 heteroatoms. The summed E-state index contributed by atoms with van der Waals surface area (Å²) in [5.41, 5.74) is 3.72. The summed E-state index contributed by atoms with van der Waals surface area (Å²) in [7, 11) is 3.23. The molecule has 1 fully saturated rings. The highest BCUT2D eigenvalue weighted by molar-refractivity contribution is 5.87. The molecule has 2 aromatic carbocycles. The highest BCUT2D eigenvalue weighted by Gasteiger charge is 2.28. The summed E-state index contributed by atoms with van der Waals surface area (Å²) in [6.07, 6.45) is 5.25. The number of aryl methyl sites for hydroxylation is 1. The molecule has 2 aromatic heterocycles. The number of rotatable bonds is 7. The van der Waals surface area contributed by atoms with Crippen molar-refractivity contribution < 1.29 is 14.3 Å². The van der Waals surface area contributed by atoms with Crippen LogP contribution in [0.25, 0.3) is 16.7 Å². The lowest BCUT2D eigenvalue weighted by atomic mass is 9.97. The van der Waals surface area contributed by atoms with Crippen molar-refractivity contribution in [1.82, 2.24) is 25.1 Å². The van der Waals surface area contributed by atoms with E-state index >= 15 is 0 Å². The maximum atomic E-state index is 13.1. The van der Waals surface area contributed by atoms with Crippen molar-refractivity contribution in [2.24, 2.45) is 5.92 Å². The van der Waals surface area contributed by atoms with Gasteiger partial charge in [-0.15, -0.1) is 5.10 Å². The second kappa shape index (κ2) is 10.2. The number of nitrogens with one attached hydrogen (secondary N) is 1. The summed E-state index contributed by atoms with van der Waals surface area (Å²) < 4.78 is 12.5. The molecular weight excluding hydrogens is 456 g/mol. The number of amides is 1. The fourth-order valence-electron chi connectivity index (χ4n) is 4.59. The average molecular weight is 487 g/mol. The Balaban J connectivity index is 1.30. The van der Waals surface area contributed by atoms with Crippen LogP contribution in [0.4, 0.5) is 5.82 Å². The van der Waals surface area contributed by atoms with Gasteiger partial charge < -0.3 is 19.7 Å². The standard InChI is InChI=1S/C27H30N6O3/c1-18-6-8-21(9-7-18)33-16-24-25(31-33)29-17-30-26(24)32-10-4-5-20(15-32)27(34)28-14-19-11-22(35-2)13-23(12-19)36-3/h6-9,11-13,16-17,20H,4-5,10,14-15H2,1-3H3,(H,28,34)/t20-/m0/s1. The molecule has 1 aliphatic rings. The van der Waals surface area contributed by atoms with Gasteiger partial charge in [0.1, 0.15) is 23.6 Å². The number of carbonyl (C=O) groups excluding carboxylic acids is 1. The summed E-state index contributed by atoms with van der Waals surface area (Å²) in [5.74, 6) is 2.10. The normalized spacial score (nSPS) is 15.6. The first-order chi connectivity index (χ1) is 17.5. The minimum Gasteiger partial charge on any atom is -0.497 e. The van der Waals surface area contributed by atoms with E-state index in [1.54, 1.807) is 20.5 Å². The molecule has 0 radical (unpaired) electrons. The highest BCUT2D eigenvalue weighted by Crippen LogP contribution is 2.28. The van der Waals surface area contributed by atoms with Crippen molar-refractivity contribution in [3.8, 4) is 17.2 Å². The molecule has 1 atom stereocenters. The van der Waals surface area contributed by atoms with E-state index < -0.39 is 0 Å². The third-order valence-electron chi connectivity index (χ3n) is 6.56. The lowest BCUT2D eigenvalue weighted by molar-refractivity contribution is -0.125. The van der Waals surface area contributed by atoms with Crippen molar-refractivity contribution in [3.63, 3.8) is 0 Å². The van der Waals surface area contributed by atoms with Crippen molar-refractivity contribution in [1.29, 1.82) is 0 Å². The zero-order valence-electron chi connectivity index (χ0n) is 20.8. The Labute approximate surface area is 210 Å². The number of benzene rings is 2. The first-order valence-electron chi connectivity index (χ1n) is 12.1. The van der Waals surface area contributed by atoms with Gasteiger partial charge in [0.05, 0.1) is 31.2 Å². The van der Waals surface area contributed by atoms with Crippen LogP contribution in [0.3, 0.4) is 0 Å². The molecule has 0 aliphatic carbocycles. The third kappa shape index (κ3) is 4.95. The Bertz CT molecular complexity index is 1350. The lowest BCUT2D eigenvalue weighted by Gasteiger charge is -2.33. The molecule has 186 valence electrons. The fraction of sp³-hybridized carbons (Fsp3) is 0.333. The summed E-state index contributed by atoms with van der Waals surface area (Å²) in [6, 6.07) is 13.8. The van der Waals surface area contributed by atoms with Crippen LogP contribution >= 0.6 is 0 Å². The smallest absolute Gasteiger partial charge is 0.225 e. The Morgan fingerprint density at radius 1 is 1.08 bits per heavy atom. The van der Waals surface area contributed by atoms with Crippen LogP contribution in [-0.2, 0) is 11.3 Å². The van der Waals surface area contributed by atoms with Gasteiger partial charge in [0.2, 0.25) is 5.91 Å². The first-order valence-corrected chi connectivity index (χ1v) is 12.1. The molecule has 0 unspecified atom stereocenters. The third-order valence-corrected chi connectivity index (χ3v) is 6.56. The minimum absolute atomic E-state index is 0.0298. The number of aromatic nitrogens is 4. The molecule has 1 saturated heterocycles. The topological polar surface area (TPSA) is 94.4 Å². The zero-order valence-corrected chi connectivity index (χ0v) is 20.8. The molecule has 36 heavy (non-hydrogen) atoms. The van der Waals surface area contributed by atoms with Gasteiger partial charge in [-0.2, -0.15) is 0 Å². The van der Waals surface area contributed by atoms with Crippen LogP contribution in [0, 0.1) is 12.8 Å². The summed E-state index contributed by atoms with van der Waals surface area (Å²) >= 11 is 0. The van der Waals surface area contributed by atoms with Gasteiger partial charge in [-0.25, -0.2) is 14.6 Å². The SMILES string of the molecule is COc1cc(CNC(=O)[C@H]2CCCN(c3ncnc4nn(-c5ccc(C)cc5)cc34)C2)cc(OC)c1. The summed E-state index contributed by atoms with van der Waals surface area (Å²) in [5, 5.41) is 8.61. The maximum absolute atomic E-state index is 13.1. The number of nitrogens with zero attached hydrogens (tertiary/aromatic N) is 5. The zero-order chi connectivity index (χ0) is 25.1. The Kier molecular flexibility index (Phi) is 6.71. The molecule has 1 N–H and O–H groups in total. The van der Waals surface area contributed by atoms with E-state index in [1.807, 2.05) is 41.2 Å². The molecule has 0 bridgehead atoms. The van der Waals surface area contributed by atoms with Crippen LogP contribution in [0.15, 0.2) is 55.0 Å². The quantitative estimate of drug-likeness (QED) is 0.426. The second-order valence-electron chi connectivity index (χ2n) is 9.07. The number of ether oxygens (including phenoxy) is 2. The van der Waals surface area contributed by atoms with Crippen molar-refractivity contribution in [3.05, 3.63) is 66.1 Å². The molecule has 1 amide bonds. The van der Waals surface area contributed by atoms with E-state index in [0.29, 0.717) is 30.2 Å². The molecule has 3 heterocycles. The van der Waals surface area contributed by atoms with Crippen LogP contribution < -0.4 is 19.7 Å². The molecule has 9 nitrogen and oxygen atoms in total. The first kappa shape index (κ1) is 23.6. The van der Waals surface area contributed by atoms with E-state index in [0.717, 1.165) is 41.8 Å². The monoisotopic (exact) mass is 486 g/mol. The molecule has 4 aromatic rings. The van der Waals surface area contributed by atoms with E-state index in [4.69, 9.17) is 9.47 Å². The number of carbonyl (C=O) groups is 1. The Morgan fingerprint density at radius 2 is 1.83 bits per heavy atom. The molecular formula is C27H30N6O3. The largest absolute Gasteiger partial charge is 0.497 e. The number of methoxy groups -OCH3 is 2. The number of hydrogen-bond acceptors (Lipinski definition) is 7. The van der Waals surface area contributed by atoms with Crippen molar-refractivity contribution in [2.75, 3.05) is 32.2 Å². The van der Waals surface area contributed by atoms with Gasteiger partial charge in [0.25, 0.3) is 0 Å². The molecule has 5 rings (SSSR count). The van der Waals surface area contributed by atoms with Crippen LogP contribution in [0.1, 0.15) is 24.0 Å². The Morgan fingerprint density at radius 3 is 2.56 bits per heavy atom. The van der Waals surface area contributed by atoms with E-state index in [9.17, 15) is 4.79 Å². The van der Waals surface area contributed by atoms with Gasteiger partial charge in [-0.1, -0.05) is 17.7 Å². The van der Waals surface area contributed by atoms with Crippen LogP contribution in [0.2, 0.25) is 0 Å². The average Bonchev–Trinajstić information content (AvgIpc) is 3.36. The number of piperidine rings is 1. The molecule has 0 saturated carbocycles. The van der Waals surface area contributed by atoms with Crippen molar-refractivity contribution >= 4 is 22.8 Å². The number of anilines is 1. The van der Waals surface area contributed by atoms with Crippen LogP contribution in [-0.4, -0.2) is 53.0 Å². The Hall–Kier alpha value is -4.14. The fourth-order valence-corrected chi connectivity index (χ4v) is 4.59. The van der Waals surface area contributed by atoms with E-state index in [1.165, 1.54) is 5.56 Å². The number of fused-ring (bicyclic) bond motifs is 1. The predicted octanol–water partition coefficient (Wildman–Crippen LogP) is 3.67. The van der Waals surface area contributed by atoms with Crippen LogP contribution in [0.5, 0.6) is 11.5 Å². The number of hydrogen-bond donors (Lipinski definition) is 1. The summed E-state index contributed by atoms with van der Waals surface area (Å²) in [4.78, 5) is 24.2. The van der Waals surface area contributed by atoms with E-state index in [-0.39, 0.29) is 11.8 Å². The van der Waals surface area contributed by atoms with Gasteiger partial charge in [-0.3, -0.25) is 4.79 Å². The predicted molar refractivity (Wildman–Crippen MR) is 138 cm³/mol. The lowest BCUT2D eigenvalue weighted by Crippen LogP contribution is -2.43.